The summed E-state index contributed by atoms with van der Waals surface area (Å²) in [5.41, 5.74) is 1.06. The van der Waals surface area contributed by atoms with E-state index in [1.807, 2.05) is 51.1 Å². The molecule has 0 radical (unpaired) electrons. The average molecular weight is 327 g/mol. The number of nitrogens with zero attached hydrogens (tertiary/aromatic N) is 1. The Hall–Kier alpha value is -2.17. The molecule has 0 saturated heterocycles. The van der Waals surface area contributed by atoms with Crippen molar-refractivity contribution in [2.75, 3.05) is 13.7 Å². The van der Waals surface area contributed by atoms with Crippen LogP contribution in [0.3, 0.4) is 0 Å². The number of rotatable bonds is 6. The van der Waals surface area contributed by atoms with Gasteiger partial charge in [-0.15, -0.1) is 0 Å². The molecule has 0 amide bonds. The number of benzene rings is 2. The van der Waals surface area contributed by atoms with Gasteiger partial charge >= 0.3 is 0 Å². The van der Waals surface area contributed by atoms with Crippen LogP contribution in [-0.2, 0) is 0 Å². The van der Waals surface area contributed by atoms with Crippen LogP contribution in [0.5, 0.6) is 5.75 Å². The van der Waals surface area contributed by atoms with E-state index in [9.17, 15) is 10.0 Å². The summed E-state index contributed by atoms with van der Waals surface area (Å²) in [4.78, 5) is 13.0. The molecule has 0 spiro atoms. The lowest BCUT2D eigenvalue weighted by molar-refractivity contribution is -0.156. The number of hydrogen-bond acceptors (Lipinski definition) is 4. The molecule has 0 unspecified atom stereocenters. The van der Waals surface area contributed by atoms with E-state index in [-0.39, 0.29) is 12.3 Å². The number of Topliss-reactive ketones (excluding diaryl/α,β-unsaturated/α-hetero) is 1. The minimum atomic E-state index is -0.441. The number of ether oxygens (including phenoxy) is 1. The van der Waals surface area contributed by atoms with Gasteiger partial charge in [0.2, 0.25) is 0 Å². The predicted octanol–water partition coefficient (Wildman–Crippen LogP) is 4.15. The van der Waals surface area contributed by atoms with E-state index in [1.165, 1.54) is 5.06 Å². The molecule has 0 saturated carbocycles. The maximum Gasteiger partial charge on any atom is 0.171 e. The molecular weight excluding hydrogens is 302 g/mol. The third kappa shape index (κ3) is 4.43. The standard InChI is InChI=1S/C20H25NO3/c1-20(2,3)21(23)14-18(15-8-6-5-7-9-15)19(22)16-10-12-17(24-4)13-11-16/h5-13,18,23H,14H2,1-4H3/t18-/m0/s1. The number of hydroxylamine groups is 2. The number of hydrogen-bond donors (Lipinski definition) is 1. The summed E-state index contributed by atoms with van der Waals surface area (Å²) >= 11 is 0. The van der Waals surface area contributed by atoms with Crippen LogP contribution < -0.4 is 4.74 Å². The highest BCUT2D eigenvalue weighted by molar-refractivity contribution is 6.01. The summed E-state index contributed by atoms with van der Waals surface area (Å²) in [5.74, 6) is 0.247. The van der Waals surface area contributed by atoms with E-state index >= 15 is 0 Å². The van der Waals surface area contributed by atoms with E-state index in [4.69, 9.17) is 4.74 Å². The molecule has 128 valence electrons. The van der Waals surface area contributed by atoms with Crippen molar-refractivity contribution in [3.05, 3.63) is 65.7 Å². The maximum atomic E-state index is 13.0. The summed E-state index contributed by atoms with van der Waals surface area (Å²) in [6, 6.07) is 16.6. The lowest BCUT2D eigenvalue weighted by Gasteiger charge is -2.32. The Morgan fingerprint density at radius 1 is 1.08 bits per heavy atom. The number of carbonyl (C=O) groups excluding carboxylic acids is 1. The Morgan fingerprint density at radius 2 is 1.67 bits per heavy atom. The Labute approximate surface area is 143 Å². The molecule has 0 aliphatic rings. The van der Waals surface area contributed by atoms with Gasteiger partial charge in [0.1, 0.15) is 5.75 Å². The Morgan fingerprint density at radius 3 is 2.17 bits per heavy atom. The zero-order valence-electron chi connectivity index (χ0n) is 14.7. The molecular formula is C20H25NO3. The lowest BCUT2D eigenvalue weighted by Crippen LogP contribution is -2.42. The smallest absolute Gasteiger partial charge is 0.171 e. The predicted molar refractivity (Wildman–Crippen MR) is 94.8 cm³/mol. The second-order valence-electron chi connectivity index (χ2n) is 6.81. The van der Waals surface area contributed by atoms with Crippen molar-refractivity contribution >= 4 is 5.78 Å². The third-order valence-electron chi connectivity index (χ3n) is 4.02. The molecule has 2 aromatic carbocycles. The normalized spacial score (nSPS) is 12.9. The van der Waals surface area contributed by atoms with Crippen LogP contribution in [0.2, 0.25) is 0 Å². The summed E-state index contributed by atoms with van der Waals surface area (Å²) in [6.45, 7) is 5.96. The van der Waals surface area contributed by atoms with Gasteiger partial charge in [-0.2, -0.15) is 5.06 Å². The first-order valence-electron chi connectivity index (χ1n) is 8.02. The van der Waals surface area contributed by atoms with Crippen LogP contribution in [0.1, 0.15) is 42.6 Å². The highest BCUT2D eigenvalue weighted by atomic mass is 16.5. The van der Waals surface area contributed by atoms with Crippen molar-refractivity contribution in [3.63, 3.8) is 0 Å². The average Bonchev–Trinajstić information content (AvgIpc) is 2.59. The summed E-state index contributed by atoms with van der Waals surface area (Å²) < 4.78 is 5.14. The number of ketones is 1. The first-order chi connectivity index (χ1) is 11.3. The first kappa shape index (κ1) is 18.2. The molecule has 0 aliphatic carbocycles. The fourth-order valence-corrected chi connectivity index (χ4v) is 2.43. The Bertz CT molecular complexity index is 660. The van der Waals surface area contributed by atoms with E-state index in [2.05, 4.69) is 0 Å². The molecule has 0 aromatic heterocycles. The van der Waals surface area contributed by atoms with E-state index in [1.54, 1.807) is 31.4 Å². The van der Waals surface area contributed by atoms with Crippen LogP contribution in [0.25, 0.3) is 0 Å². The second-order valence-corrected chi connectivity index (χ2v) is 6.81. The van der Waals surface area contributed by atoms with Gasteiger partial charge in [-0.05, 0) is 50.6 Å². The quantitative estimate of drug-likeness (QED) is 0.639. The van der Waals surface area contributed by atoms with Gasteiger partial charge in [0, 0.05) is 17.6 Å². The molecule has 1 N–H and O–H groups in total. The van der Waals surface area contributed by atoms with E-state index < -0.39 is 11.5 Å². The zero-order valence-corrected chi connectivity index (χ0v) is 14.7. The van der Waals surface area contributed by atoms with Crippen LogP contribution in [0, 0.1) is 0 Å². The molecule has 0 heterocycles. The Kier molecular flexibility index (Phi) is 5.75. The Balaban J connectivity index is 2.32. The number of methoxy groups -OCH3 is 1. The van der Waals surface area contributed by atoms with Crippen molar-refractivity contribution < 1.29 is 14.7 Å². The van der Waals surface area contributed by atoms with Gasteiger partial charge in [-0.1, -0.05) is 30.3 Å². The van der Waals surface area contributed by atoms with Crippen molar-refractivity contribution in [2.24, 2.45) is 0 Å². The molecule has 0 bridgehead atoms. The second kappa shape index (κ2) is 7.60. The molecule has 24 heavy (non-hydrogen) atoms. The minimum absolute atomic E-state index is 0.0212. The fourth-order valence-electron chi connectivity index (χ4n) is 2.43. The molecule has 4 nitrogen and oxygen atoms in total. The monoisotopic (exact) mass is 327 g/mol. The summed E-state index contributed by atoms with van der Waals surface area (Å²) in [7, 11) is 1.59. The van der Waals surface area contributed by atoms with Crippen molar-refractivity contribution in [1.29, 1.82) is 0 Å². The van der Waals surface area contributed by atoms with Gasteiger partial charge in [0.05, 0.1) is 13.0 Å². The van der Waals surface area contributed by atoms with Gasteiger partial charge in [-0.3, -0.25) is 4.79 Å². The molecule has 0 fully saturated rings. The van der Waals surface area contributed by atoms with E-state index in [0.717, 1.165) is 5.56 Å². The third-order valence-corrected chi connectivity index (χ3v) is 4.02. The topological polar surface area (TPSA) is 49.8 Å². The van der Waals surface area contributed by atoms with Gasteiger partial charge < -0.3 is 9.94 Å². The van der Waals surface area contributed by atoms with Crippen LogP contribution in [-0.4, -0.2) is 35.2 Å². The summed E-state index contributed by atoms with van der Waals surface area (Å²) in [5, 5.41) is 11.6. The SMILES string of the molecule is COc1ccc(C(=O)[C@@H](CN(O)C(C)(C)C)c2ccccc2)cc1. The fraction of sp³-hybridized carbons (Fsp3) is 0.350. The summed E-state index contributed by atoms with van der Waals surface area (Å²) in [6.07, 6.45) is 0. The van der Waals surface area contributed by atoms with Gasteiger partial charge in [0.25, 0.3) is 0 Å². The van der Waals surface area contributed by atoms with Gasteiger partial charge in [0.15, 0.2) is 5.78 Å². The molecule has 1 atom stereocenters. The largest absolute Gasteiger partial charge is 0.497 e. The van der Waals surface area contributed by atoms with Crippen LogP contribution >= 0.6 is 0 Å². The molecule has 2 aromatic rings. The lowest BCUT2D eigenvalue weighted by atomic mass is 9.89. The molecule has 0 aliphatic heterocycles. The van der Waals surface area contributed by atoms with Crippen molar-refractivity contribution in [2.45, 2.75) is 32.2 Å². The zero-order chi connectivity index (χ0) is 17.7. The molecule has 2 rings (SSSR count). The first-order valence-corrected chi connectivity index (χ1v) is 8.02. The van der Waals surface area contributed by atoms with Crippen LogP contribution in [0.4, 0.5) is 0 Å². The maximum absolute atomic E-state index is 13.0. The van der Waals surface area contributed by atoms with Crippen LogP contribution in [0.15, 0.2) is 54.6 Å². The van der Waals surface area contributed by atoms with Gasteiger partial charge in [-0.25, -0.2) is 0 Å². The van der Waals surface area contributed by atoms with Crippen molar-refractivity contribution in [3.8, 4) is 5.75 Å². The van der Waals surface area contributed by atoms with Crippen molar-refractivity contribution in [1.82, 2.24) is 5.06 Å². The highest BCUT2D eigenvalue weighted by Gasteiger charge is 2.28. The number of carbonyl (C=O) groups is 1. The van der Waals surface area contributed by atoms with E-state index in [0.29, 0.717) is 11.3 Å². The molecule has 4 heteroatoms. The minimum Gasteiger partial charge on any atom is -0.497 e. The highest BCUT2D eigenvalue weighted by Crippen LogP contribution is 2.25.